The first-order valence-electron chi connectivity index (χ1n) is 4.55. The first-order valence-corrected chi connectivity index (χ1v) is 4.55. The molecule has 0 atom stereocenters. The summed E-state index contributed by atoms with van der Waals surface area (Å²) in [5.41, 5.74) is 5.78. The van der Waals surface area contributed by atoms with Gasteiger partial charge in [0.1, 0.15) is 12.1 Å². The van der Waals surface area contributed by atoms with Crippen molar-refractivity contribution in [3.05, 3.63) is 23.7 Å². The van der Waals surface area contributed by atoms with Gasteiger partial charge in [0.25, 0.3) is 0 Å². The number of methoxy groups -OCH3 is 2. The summed E-state index contributed by atoms with van der Waals surface area (Å²) in [6, 6.07) is 0. The fraction of sp³-hybridized carbons (Fsp3) is 0.200. The number of rotatable bonds is 3. The van der Waals surface area contributed by atoms with E-state index in [-0.39, 0.29) is 17.1 Å². The molecule has 0 aliphatic heterocycles. The molecule has 1 aromatic rings. The molecule has 2 N–H and O–H groups in total. The molecule has 1 heterocycles. The summed E-state index contributed by atoms with van der Waals surface area (Å²) in [5.74, 6) is -1.17. The number of anilines is 1. The van der Waals surface area contributed by atoms with Crippen molar-refractivity contribution in [2.45, 2.75) is 0 Å². The Hall–Kier alpha value is -2.44. The van der Waals surface area contributed by atoms with E-state index < -0.39 is 11.9 Å². The Labute approximate surface area is 97.3 Å². The van der Waals surface area contributed by atoms with E-state index in [1.54, 1.807) is 0 Å². The maximum atomic E-state index is 11.4. The molecule has 0 spiro atoms. The van der Waals surface area contributed by atoms with E-state index in [1.165, 1.54) is 20.3 Å². The molecule has 1 aromatic heterocycles. The second-order valence-corrected chi connectivity index (χ2v) is 2.87. The topological polar surface area (TPSA) is 104 Å². The molecule has 0 bridgehead atoms. The molecule has 7 heteroatoms. The summed E-state index contributed by atoms with van der Waals surface area (Å²) in [6.45, 7) is 0. The molecule has 0 saturated carbocycles. The monoisotopic (exact) mass is 237 g/mol. The van der Waals surface area contributed by atoms with Gasteiger partial charge in [-0.2, -0.15) is 0 Å². The number of ether oxygens (including phenoxy) is 2. The second kappa shape index (κ2) is 5.59. The van der Waals surface area contributed by atoms with Crippen LogP contribution in [0, 0.1) is 0 Å². The van der Waals surface area contributed by atoms with Crippen LogP contribution in [0.25, 0.3) is 6.08 Å². The van der Waals surface area contributed by atoms with Crippen molar-refractivity contribution in [3.63, 3.8) is 0 Å². The minimum atomic E-state index is -0.663. The van der Waals surface area contributed by atoms with Crippen molar-refractivity contribution in [3.8, 4) is 0 Å². The van der Waals surface area contributed by atoms with Crippen LogP contribution in [0.2, 0.25) is 0 Å². The van der Waals surface area contributed by atoms with Gasteiger partial charge < -0.3 is 15.2 Å². The van der Waals surface area contributed by atoms with Crippen LogP contribution in [-0.2, 0) is 14.3 Å². The summed E-state index contributed by atoms with van der Waals surface area (Å²) < 4.78 is 8.95. The van der Waals surface area contributed by atoms with E-state index in [2.05, 4.69) is 19.4 Å². The lowest BCUT2D eigenvalue weighted by Crippen LogP contribution is -2.10. The van der Waals surface area contributed by atoms with Crippen molar-refractivity contribution >= 4 is 23.8 Å². The number of carbonyl (C=O) groups excluding carboxylic acids is 2. The fourth-order valence-corrected chi connectivity index (χ4v) is 1.05. The van der Waals surface area contributed by atoms with Crippen molar-refractivity contribution in [2.75, 3.05) is 20.0 Å². The molecule has 7 nitrogen and oxygen atoms in total. The van der Waals surface area contributed by atoms with Gasteiger partial charge in [0.15, 0.2) is 5.69 Å². The highest BCUT2D eigenvalue weighted by Gasteiger charge is 2.15. The van der Waals surface area contributed by atoms with E-state index in [4.69, 9.17) is 5.73 Å². The molecule has 0 radical (unpaired) electrons. The van der Waals surface area contributed by atoms with Crippen LogP contribution >= 0.6 is 0 Å². The first kappa shape index (κ1) is 12.6. The SMILES string of the molecule is COC(=O)C=Cc1c(N)ncnc1C(=O)OC. The smallest absolute Gasteiger partial charge is 0.357 e. The van der Waals surface area contributed by atoms with E-state index in [1.807, 2.05) is 0 Å². The van der Waals surface area contributed by atoms with Gasteiger partial charge in [0.2, 0.25) is 0 Å². The average Bonchev–Trinajstić information content (AvgIpc) is 2.35. The lowest BCUT2D eigenvalue weighted by Gasteiger charge is -2.04. The molecule has 1 rings (SSSR count). The van der Waals surface area contributed by atoms with Gasteiger partial charge in [-0.15, -0.1) is 0 Å². The number of carbonyl (C=O) groups is 2. The maximum absolute atomic E-state index is 11.4. The summed E-state index contributed by atoms with van der Waals surface area (Å²) in [6.07, 6.45) is 3.55. The van der Waals surface area contributed by atoms with Crippen molar-refractivity contribution in [1.82, 2.24) is 9.97 Å². The van der Waals surface area contributed by atoms with Gasteiger partial charge in [0, 0.05) is 6.08 Å². The van der Waals surface area contributed by atoms with Gasteiger partial charge in [0.05, 0.1) is 19.8 Å². The molecular weight excluding hydrogens is 226 g/mol. The number of esters is 2. The number of hydrogen-bond acceptors (Lipinski definition) is 7. The normalized spacial score (nSPS) is 10.2. The van der Waals surface area contributed by atoms with Crippen LogP contribution in [-0.4, -0.2) is 36.1 Å². The number of nitrogens with zero attached hydrogens (tertiary/aromatic N) is 2. The van der Waals surface area contributed by atoms with Crippen LogP contribution in [0.3, 0.4) is 0 Å². The first-order chi connectivity index (χ1) is 8.10. The van der Waals surface area contributed by atoms with E-state index in [0.29, 0.717) is 0 Å². The Balaban J connectivity index is 3.16. The Morgan fingerprint density at radius 3 is 2.59 bits per heavy atom. The molecule has 0 aromatic carbocycles. The van der Waals surface area contributed by atoms with Gasteiger partial charge in [-0.05, 0) is 6.08 Å². The van der Waals surface area contributed by atoms with Gasteiger partial charge in [-0.25, -0.2) is 19.6 Å². The molecule has 0 amide bonds. The zero-order valence-electron chi connectivity index (χ0n) is 9.34. The lowest BCUT2D eigenvalue weighted by atomic mass is 10.2. The zero-order valence-corrected chi connectivity index (χ0v) is 9.34. The Morgan fingerprint density at radius 2 is 2.00 bits per heavy atom. The second-order valence-electron chi connectivity index (χ2n) is 2.87. The van der Waals surface area contributed by atoms with Crippen LogP contribution in [0.4, 0.5) is 5.82 Å². The van der Waals surface area contributed by atoms with Crippen molar-refractivity contribution in [2.24, 2.45) is 0 Å². The third kappa shape index (κ3) is 3.00. The number of aromatic nitrogens is 2. The molecule has 0 unspecified atom stereocenters. The van der Waals surface area contributed by atoms with E-state index in [0.717, 1.165) is 12.4 Å². The molecule has 0 saturated heterocycles. The van der Waals surface area contributed by atoms with Gasteiger partial charge in [-0.3, -0.25) is 0 Å². The minimum absolute atomic E-state index is 0.0137. The Bertz CT molecular complexity index is 471. The third-order valence-corrected chi connectivity index (χ3v) is 1.88. The summed E-state index contributed by atoms with van der Waals surface area (Å²) in [5, 5.41) is 0. The third-order valence-electron chi connectivity index (χ3n) is 1.88. The molecule has 90 valence electrons. The van der Waals surface area contributed by atoms with Crippen LogP contribution < -0.4 is 5.73 Å². The van der Waals surface area contributed by atoms with Crippen molar-refractivity contribution < 1.29 is 19.1 Å². The van der Waals surface area contributed by atoms with E-state index in [9.17, 15) is 9.59 Å². The quantitative estimate of drug-likeness (QED) is 0.584. The lowest BCUT2D eigenvalue weighted by molar-refractivity contribution is -0.134. The molecule has 0 aliphatic rings. The molecule has 0 aliphatic carbocycles. The standard InChI is InChI=1S/C10H11N3O4/c1-16-7(14)4-3-6-8(10(15)17-2)12-5-13-9(6)11/h3-5H,1-2H3,(H2,11,12,13). The molecular formula is C10H11N3O4. The van der Waals surface area contributed by atoms with Crippen LogP contribution in [0.5, 0.6) is 0 Å². The fourth-order valence-electron chi connectivity index (χ4n) is 1.05. The van der Waals surface area contributed by atoms with Crippen LogP contribution in [0.1, 0.15) is 16.1 Å². The highest BCUT2D eigenvalue weighted by Crippen LogP contribution is 2.15. The molecule has 0 fully saturated rings. The molecule has 17 heavy (non-hydrogen) atoms. The highest BCUT2D eigenvalue weighted by molar-refractivity contribution is 5.96. The van der Waals surface area contributed by atoms with Gasteiger partial charge >= 0.3 is 11.9 Å². The summed E-state index contributed by atoms with van der Waals surface area (Å²) >= 11 is 0. The number of nitrogen functional groups attached to an aromatic ring is 1. The van der Waals surface area contributed by atoms with Gasteiger partial charge in [-0.1, -0.05) is 0 Å². The Morgan fingerprint density at radius 1 is 1.29 bits per heavy atom. The largest absolute Gasteiger partial charge is 0.466 e. The highest BCUT2D eigenvalue weighted by atomic mass is 16.5. The average molecular weight is 237 g/mol. The summed E-state index contributed by atoms with van der Waals surface area (Å²) in [7, 11) is 2.45. The number of nitrogens with two attached hydrogens (primary N) is 1. The Kier molecular flexibility index (Phi) is 4.15. The zero-order chi connectivity index (χ0) is 12.8. The maximum Gasteiger partial charge on any atom is 0.357 e. The van der Waals surface area contributed by atoms with E-state index >= 15 is 0 Å². The number of hydrogen-bond donors (Lipinski definition) is 1. The predicted molar refractivity (Wildman–Crippen MR) is 58.8 cm³/mol. The minimum Gasteiger partial charge on any atom is -0.466 e. The van der Waals surface area contributed by atoms with Crippen LogP contribution in [0.15, 0.2) is 12.4 Å². The summed E-state index contributed by atoms with van der Waals surface area (Å²) in [4.78, 5) is 29.8. The predicted octanol–water partition coefficient (Wildman–Crippen LogP) is 0.0316. The van der Waals surface area contributed by atoms with Crippen molar-refractivity contribution in [1.29, 1.82) is 0 Å².